The maximum absolute atomic E-state index is 12.9. The lowest BCUT2D eigenvalue weighted by Crippen LogP contribution is -2.13. The number of aromatic nitrogens is 4. The minimum atomic E-state index is -4.57. The molecule has 0 bridgehead atoms. The van der Waals surface area contributed by atoms with Gasteiger partial charge in [0.15, 0.2) is 5.65 Å². The zero-order valence-electron chi connectivity index (χ0n) is 11.3. The molecular weight excluding hydrogens is 301 g/mol. The van der Waals surface area contributed by atoms with E-state index in [1.165, 1.54) is 17.7 Å². The number of hydrogen-bond acceptors (Lipinski definition) is 4. The van der Waals surface area contributed by atoms with Gasteiger partial charge >= 0.3 is 6.18 Å². The largest absolute Gasteiger partial charge is 0.451 e. The Balaban J connectivity index is 2.32. The summed E-state index contributed by atoms with van der Waals surface area (Å²) < 4.78 is 40.4. The zero-order chi connectivity index (χ0) is 15.2. The van der Waals surface area contributed by atoms with Crippen LogP contribution in [0.2, 0.25) is 0 Å². The SMILES string of the molecule is CCc1nc(C(F)(F)F)nc2c1ncn2-c1sccc1C. The second kappa shape index (κ2) is 4.80. The number of nitrogens with zero attached hydrogens (tertiary/aromatic N) is 4. The summed E-state index contributed by atoms with van der Waals surface area (Å²) in [7, 11) is 0. The molecule has 110 valence electrons. The summed E-state index contributed by atoms with van der Waals surface area (Å²) in [6.45, 7) is 3.64. The molecule has 0 radical (unpaired) electrons. The van der Waals surface area contributed by atoms with Crippen LogP contribution in [0, 0.1) is 6.92 Å². The second-order valence-electron chi connectivity index (χ2n) is 4.54. The number of rotatable bonds is 2. The summed E-state index contributed by atoms with van der Waals surface area (Å²) in [5.41, 5.74) is 1.88. The highest BCUT2D eigenvalue weighted by molar-refractivity contribution is 7.12. The van der Waals surface area contributed by atoms with Crippen molar-refractivity contribution >= 4 is 22.5 Å². The van der Waals surface area contributed by atoms with Crippen molar-refractivity contribution in [2.45, 2.75) is 26.4 Å². The van der Waals surface area contributed by atoms with E-state index in [1.807, 2.05) is 18.4 Å². The maximum Gasteiger partial charge on any atom is 0.451 e. The molecule has 3 rings (SSSR count). The van der Waals surface area contributed by atoms with Crippen molar-refractivity contribution in [2.24, 2.45) is 0 Å². The summed E-state index contributed by atoms with van der Waals surface area (Å²) in [6.07, 6.45) is -2.71. The zero-order valence-corrected chi connectivity index (χ0v) is 12.1. The molecule has 0 unspecified atom stereocenters. The van der Waals surface area contributed by atoms with Gasteiger partial charge in [0.2, 0.25) is 5.82 Å². The molecule has 0 spiro atoms. The van der Waals surface area contributed by atoms with Crippen LogP contribution in [0.15, 0.2) is 17.8 Å². The van der Waals surface area contributed by atoms with E-state index in [2.05, 4.69) is 15.0 Å². The molecule has 3 aromatic heterocycles. The highest BCUT2D eigenvalue weighted by Gasteiger charge is 2.36. The van der Waals surface area contributed by atoms with Crippen LogP contribution in [0.4, 0.5) is 13.2 Å². The fourth-order valence-corrected chi connectivity index (χ4v) is 2.99. The minimum absolute atomic E-state index is 0.194. The van der Waals surface area contributed by atoms with Crippen LogP contribution >= 0.6 is 11.3 Å². The Morgan fingerprint density at radius 3 is 2.62 bits per heavy atom. The van der Waals surface area contributed by atoms with Gasteiger partial charge in [0.25, 0.3) is 0 Å². The summed E-state index contributed by atoms with van der Waals surface area (Å²) >= 11 is 1.43. The van der Waals surface area contributed by atoms with Crippen LogP contribution in [0.25, 0.3) is 16.2 Å². The van der Waals surface area contributed by atoms with Gasteiger partial charge in [0, 0.05) is 0 Å². The molecule has 0 aliphatic rings. The topological polar surface area (TPSA) is 43.6 Å². The molecule has 3 heterocycles. The van der Waals surface area contributed by atoms with Crippen molar-refractivity contribution in [1.29, 1.82) is 0 Å². The Labute approximate surface area is 122 Å². The van der Waals surface area contributed by atoms with Crippen molar-refractivity contribution in [3.63, 3.8) is 0 Å². The van der Waals surface area contributed by atoms with Gasteiger partial charge in [-0.05, 0) is 30.4 Å². The van der Waals surface area contributed by atoms with Crippen LogP contribution in [-0.2, 0) is 12.6 Å². The Bertz CT molecular complexity index is 803. The van der Waals surface area contributed by atoms with E-state index < -0.39 is 12.0 Å². The molecule has 3 aromatic rings. The third-order valence-electron chi connectivity index (χ3n) is 3.11. The first kappa shape index (κ1) is 14.0. The van der Waals surface area contributed by atoms with E-state index in [-0.39, 0.29) is 5.65 Å². The maximum atomic E-state index is 12.9. The van der Waals surface area contributed by atoms with E-state index >= 15 is 0 Å². The van der Waals surface area contributed by atoms with Crippen molar-refractivity contribution in [3.05, 3.63) is 34.9 Å². The first-order chi connectivity index (χ1) is 9.91. The molecule has 0 aromatic carbocycles. The third-order valence-corrected chi connectivity index (χ3v) is 4.12. The number of alkyl halides is 3. The minimum Gasteiger partial charge on any atom is -0.274 e. The molecule has 21 heavy (non-hydrogen) atoms. The first-order valence-electron chi connectivity index (χ1n) is 6.27. The van der Waals surface area contributed by atoms with Crippen molar-refractivity contribution in [3.8, 4) is 5.00 Å². The van der Waals surface area contributed by atoms with Gasteiger partial charge in [-0.3, -0.25) is 4.57 Å². The molecule has 0 aliphatic heterocycles. The van der Waals surface area contributed by atoms with E-state index in [1.54, 1.807) is 11.5 Å². The Morgan fingerprint density at radius 2 is 2.05 bits per heavy atom. The number of aryl methyl sites for hydroxylation is 2. The van der Waals surface area contributed by atoms with E-state index in [9.17, 15) is 13.2 Å². The smallest absolute Gasteiger partial charge is 0.274 e. The predicted octanol–water partition coefficient (Wildman–Crippen LogP) is 3.77. The predicted molar refractivity (Wildman–Crippen MR) is 73.7 cm³/mol. The normalized spacial score (nSPS) is 12.2. The van der Waals surface area contributed by atoms with Gasteiger partial charge in [-0.15, -0.1) is 11.3 Å². The molecule has 0 amide bonds. The Hall–Kier alpha value is -1.96. The van der Waals surface area contributed by atoms with Gasteiger partial charge < -0.3 is 0 Å². The molecule has 0 saturated heterocycles. The summed E-state index contributed by atoms with van der Waals surface area (Å²) in [5, 5.41) is 2.69. The molecular formula is C13H11F3N4S. The van der Waals surface area contributed by atoms with Gasteiger partial charge in [-0.25, -0.2) is 15.0 Å². The summed E-state index contributed by atoms with van der Waals surface area (Å²) in [6, 6.07) is 1.90. The average molecular weight is 312 g/mol. The fraction of sp³-hybridized carbons (Fsp3) is 0.308. The van der Waals surface area contributed by atoms with Crippen molar-refractivity contribution < 1.29 is 13.2 Å². The van der Waals surface area contributed by atoms with E-state index in [0.29, 0.717) is 17.6 Å². The van der Waals surface area contributed by atoms with Gasteiger partial charge in [0.1, 0.15) is 16.8 Å². The van der Waals surface area contributed by atoms with Gasteiger partial charge in [-0.1, -0.05) is 6.92 Å². The van der Waals surface area contributed by atoms with Crippen molar-refractivity contribution in [2.75, 3.05) is 0 Å². The lowest BCUT2D eigenvalue weighted by atomic mass is 10.3. The first-order valence-corrected chi connectivity index (χ1v) is 7.15. The Morgan fingerprint density at radius 1 is 1.29 bits per heavy atom. The molecule has 4 nitrogen and oxygen atoms in total. The molecule has 0 N–H and O–H groups in total. The number of thiophene rings is 1. The van der Waals surface area contributed by atoms with E-state index in [0.717, 1.165) is 10.6 Å². The summed E-state index contributed by atoms with van der Waals surface area (Å²) in [4.78, 5) is 11.5. The van der Waals surface area contributed by atoms with Crippen LogP contribution in [-0.4, -0.2) is 19.5 Å². The highest BCUT2D eigenvalue weighted by Crippen LogP contribution is 2.30. The number of fused-ring (bicyclic) bond motifs is 1. The quantitative estimate of drug-likeness (QED) is 0.723. The lowest BCUT2D eigenvalue weighted by molar-refractivity contribution is -0.144. The average Bonchev–Trinajstić information content (AvgIpc) is 3.02. The standard InChI is InChI=1S/C13H11F3N4S/c1-3-8-9-10(19-12(18-8)13(14,15)16)20(6-17-9)11-7(2)4-5-21-11/h4-6H,3H2,1-2H3. The monoisotopic (exact) mass is 312 g/mol. The molecule has 8 heteroatoms. The second-order valence-corrected chi connectivity index (χ2v) is 5.44. The number of imidazole rings is 1. The molecule has 0 aliphatic carbocycles. The number of hydrogen-bond donors (Lipinski definition) is 0. The van der Waals surface area contributed by atoms with Crippen LogP contribution < -0.4 is 0 Å². The Kier molecular flexibility index (Phi) is 3.20. The third kappa shape index (κ3) is 2.29. The number of halogens is 3. The molecule has 0 saturated carbocycles. The van der Waals surface area contributed by atoms with Crippen LogP contribution in [0.3, 0.4) is 0 Å². The van der Waals surface area contributed by atoms with E-state index in [4.69, 9.17) is 0 Å². The highest BCUT2D eigenvalue weighted by atomic mass is 32.1. The molecule has 0 atom stereocenters. The van der Waals surface area contributed by atoms with Crippen molar-refractivity contribution in [1.82, 2.24) is 19.5 Å². The fourth-order valence-electron chi connectivity index (χ4n) is 2.09. The van der Waals surface area contributed by atoms with Crippen LogP contribution in [0.5, 0.6) is 0 Å². The van der Waals surface area contributed by atoms with Gasteiger partial charge in [0.05, 0.1) is 5.69 Å². The van der Waals surface area contributed by atoms with Crippen LogP contribution in [0.1, 0.15) is 24.0 Å². The summed E-state index contributed by atoms with van der Waals surface area (Å²) in [5.74, 6) is -1.12. The molecule has 0 fully saturated rings. The lowest BCUT2D eigenvalue weighted by Gasteiger charge is -2.08. The van der Waals surface area contributed by atoms with Gasteiger partial charge in [-0.2, -0.15) is 13.2 Å².